The largest absolute Gasteiger partial charge is 0.393 e. The molecule has 0 amide bonds. The van der Waals surface area contributed by atoms with Gasteiger partial charge in [-0.15, -0.1) is 0 Å². The van der Waals surface area contributed by atoms with E-state index in [0.29, 0.717) is 5.92 Å². The van der Waals surface area contributed by atoms with Crippen molar-refractivity contribution in [3.05, 3.63) is 0 Å². The molecule has 2 nitrogen and oxygen atoms in total. The molecular weight excluding hydrogens is 196 g/mol. The Morgan fingerprint density at radius 1 is 1.43 bits per heavy atom. The van der Waals surface area contributed by atoms with Gasteiger partial charge in [0.1, 0.15) is 0 Å². The number of aliphatic hydroxyl groups is 1. The Labute approximate surface area is 90.4 Å². The van der Waals surface area contributed by atoms with E-state index in [4.69, 9.17) is 4.74 Å². The second-order valence-electron chi connectivity index (χ2n) is 4.64. The molecule has 2 heterocycles. The minimum atomic E-state index is -0.162. The molecule has 14 heavy (non-hydrogen) atoms. The summed E-state index contributed by atoms with van der Waals surface area (Å²) < 4.78 is 5.96. The highest BCUT2D eigenvalue weighted by atomic mass is 32.2. The van der Waals surface area contributed by atoms with E-state index >= 15 is 0 Å². The van der Waals surface area contributed by atoms with Crippen LogP contribution in [0.3, 0.4) is 0 Å². The molecule has 2 unspecified atom stereocenters. The normalized spacial score (nSPS) is 34.3. The third kappa shape index (κ3) is 2.26. The van der Waals surface area contributed by atoms with Crippen LogP contribution in [0.5, 0.6) is 0 Å². The zero-order valence-electron chi connectivity index (χ0n) is 8.87. The van der Waals surface area contributed by atoms with Crippen molar-refractivity contribution in [3.8, 4) is 0 Å². The SMILES string of the molecule is CC(O)C1CCOC2(CCSCC2)C1. The van der Waals surface area contributed by atoms with Crippen LogP contribution in [0.4, 0.5) is 0 Å². The average molecular weight is 216 g/mol. The van der Waals surface area contributed by atoms with E-state index in [1.165, 1.54) is 24.3 Å². The average Bonchev–Trinajstić information content (AvgIpc) is 2.19. The fourth-order valence-corrected chi connectivity index (χ4v) is 3.81. The van der Waals surface area contributed by atoms with E-state index in [0.717, 1.165) is 19.4 Å². The van der Waals surface area contributed by atoms with Gasteiger partial charge in [0, 0.05) is 6.61 Å². The summed E-state index contributed by atoms with van der Waals surface area (Å²) in [4.78, 5) is 0. The molecule has 2 atom stereocenters. The first-order valence-electron chi connectivity index (χ1n) is 5.62. The lowest BCUT2D eigenvalue weighted by Gasteiger charge is -2.44. The monoisotopic (exact) mass is 216 g/mol. The highest BCUT2D eigenvalue weighted by Gasteiger charge is 2.39. The third-order valence-corrected chi connectivity index (χ3v) is 4.60. The van der Waals surface area contributed by atoms with Gasteiger partial charge < -0.3 is 9.84 Å². The highest BCUT2D eigenvalue weighted by molar-refractivity contribution is 7.99. The van der Waals surface area contributed by atoms with E-state index in [-0.39, 0.29) is 11.7 Å². The van der Waals surface area contributed by atoms with Gasteiger partial charge in [-0.3, -0.25) is 0 Å². The van der Waals surface area contributed by atoms with Crippen LogP contribution in [0.1, 0.15) is 32.6 Å². The molecule has 2 aliphatic heterocycles. The lowest BCUT2D eigenvalue weighted by atomic mass is 9.80. The highest BCUT2D eigenvalue weighted by Crippen LogP contribution is 2.40. The number of hydrogen-bond acceptors (Lipinski definition) is 3. The fourth-order valence-electron chi connectivity index (χ4n) is 2.57. The lowest BCUT2D eigenvalue weighted by molar-refractivity contribution is -0.118. The van der Waals surface area contributed by atoms with Crippen molar-refractivity contribution in [2.75, 3.05) is 18.1 Å². The van der Waals surface area contributed by atoms with E-state index in [2.05, 4.69) is 0 Å². The lowest BCUT2D eigenvalue weighted by Crippen LogP contribution is -2.44. The van der Waals surface area contributed by atoms with Crippen LogP contribution in [0.2, 0.25) is 0 Å². The van der Waals surface area contributed by atoms with Crippen LogP contribution >= 0.6 is 11.8 Å². The molecule has 2 fully saturated rings. The first-order chi connectivity index (χ1) is 6.72. The summed E-state index contributed by atoms with van der Waals surface area (Å²) in [6, 6.07) is 0. The van der Waals surface area contributed by atoms with Crippen molar-refractivity contribution in [2.45, 2.75) is 44.3 Å². The molecule has 1 spiro atoms. The van der Waals surface area contributed by atoms with Crippen molar-refractivity contribution in [1.82, 2.24) is 0 Å². The Balaban J connectivity index is 1.97. The number of rotatable bonds is 1. The van der Waals surface area contributed by atoms with Crippen molar-refractivity contribution in [1.29, 1.82) is 0 Å². The maximum atomic E-state index is 9.63. The maximum absolute atomic E-state index is 9.63. The molecule has 0 aromatic rings. The molecule has 0 aromatic heterocycles. The Morgan fingerprint density at radius 3 is 2.79 bits per heavy atom. The molecule has 2 aliphatic rings. The number of thioether (sulfide) groups is 1. The molecule has 3 heteroatoms. The van der Waals surface area contributed by atoms with Crippen molar-refractivity contribution < 1.29 is 9.84 Å². The Morgan fingerprint density at radius 2 is 2.14 bits per heavy atom. The molecule has 1 N–H and O–H groups in total. The predicted octanol–water partition coefficient (Wildman–Crippen LogP) is 2.06. The number of hydrogen-bond donors (Lipinski definition) is 1. The quantitative estimate of drug-likeness (QED) is 0.727. The van der Waals surface area contributed by atoms with Crippen LogP contribution in [0.25, 0.3) is 0 Å². The van der Waals surface area contributed by atoms with E-state index in [1.54, 1.807) is 0 Å². The first-order valence-corrected chi connectivity index (χ1v) is 6.77. The van der Waals surface area contributed by atoms with Gasteiger partial charge in [0.15, 0.2) is 0 Å². The Hall–Kier alpha value is 0.270. The van der Waals surface area contributed by atoms with Gasteiger partial charge in [-0.25, -0.2) is 0 Å². The topological polar surface area (TPSA) is 29.5 Å². The molecule has 0 aromatic carbocycles. The van der Waals surface area contributed by atoms with Crippen LogP contribution in [0, 0.1) is 5.92 Å². The van der Waals surface area contributed by atoms with E-state index in [9.17, 15) is 5.11 Å². The molecule has 0 saturated carbocycles. The number of ether oxygens (including phenoxy) is 1. The molecule has 2 saturated heterocycles. The van der Waals surface area contributed by atoms with Crippen molar-refractivity contribution >= 4 is 11.8 Å². The Bertz CT molecular complexity index is 182. The summed E-state index contributed by atoms with van der Waals surface area (Å²) in [7, 11) is 0. The Kier molecular flexibility index (Phi) is 3.40. The second kappa shape index (κ2) is 4.42. The van der Waals surface area contributed by atoms with Crippen LogP contribution < -0.4 is 0 Å². The standard InChI is InChI=1S/C11H20O2S/c1-9(12)10-2-5-13-11(8-10)3-6-14-7-4-11/h9-10,12H,2-8H2,1H3. The molecule has 0 bridgehead atoms. The molecular formula is C11H20O2S. The maximum Gasteiger partial charge on any atom is 0.0701 e. The van der Waals surface area contributed by atoms with Crippen molar-refractivity contribution in [2.24, 2.45) is 5.92 Å². The molecule has 0 radical (unpaired) electrons. The van der Waals surface area contributed by atoms with Gasteiger partial charge in [-0.2, -0.15) is 11.8 Å². The van der Waals surface area contributed by atoms with E-state index in [1.807, 2.05) is 18.7 Å². The van der Waals surface area contributed by atoms with Gasteiger partial charge in [0.25, 0.3) is 0 Å². The van der Waals surface area contributed by atoms with Crippen LogP contribution in [0.15, 0.2) is 0 Å². The summed E-state index contributed by atoms with van der Waals surface area (Å²) in [6.07, 6.45) is 4.31. The number of aliphatic hydroxyl groups excluding tert-OH is 1. The predicted molar refractivity (Wildman–Crippen MR) is 59.6 cm³/mol. The minimum absolute atomic E-state index is 0.130. The van der Waals surface area contributed by atoms with Crippen LogP contribution in [-0.2, 0) is 4.74 Å². The smallest absolute Gasteiger partial charge is 0.0701 e. The van der Waals surface area contributed by atoms with Gasteiger partial charge in [0.05, 0.1) is 11.7 Å². The third-order valence-electron chi connectivity index (χ3n) is 3.62. The summed E-state index contributed by atoms with van der Waals surface area (Å²) in [5.74, 6) is 2.92. The summed E-state index contributed by atoms with van der Waals surface area (Å²) in [5, 5.41) is 9.63. The molecule has 0 aliphatic carbocycles. The van der Waals surface area contributed by atoms with Crippen LogP contribution in [-0.4, -0.2) is 34.9 Å². The van der Waals surface area contributed by atoms with Gasteiger partial charge in [0.2, 0.25) is 0 Å². The summed E-state index contributed by atoms with van der Waals surface area (Å²) in [6.45, 7) is 2.77. The zero-order chi connectivity index (χ0) is 10.0. The summed E-state index contributed by atoms with van der Waals surface area (Å²) in [5.41, 5.74) is 0.130. The molecule has 82 valence electrons. The zero-order valence-corrected chi connectivity index (χ0v) is 9.68. The van der Waals surface area contributed by atoms with Gasteiger partial charge in [-0.05, 0) is 50.0 Å². The van der Waals surface area contributed by atoms with Gasteiger partial charge >= 0.3 is 0 Å². The van der Waals surface area contributed by atoms with Crippen molar-refractivity contribution in [3.63, 3.8) is 0 Å². The molecule has 2 rings (SSSR count). The summed E-state index contributed by atoms with van der Waals surface area (Å²) >= 11 is 2.03. The minimum Gasteiger partial charge on any atom is -0.393 e. The van der Waals surface area contributed by atoms with E-state index < -0.39 is 0 Å². The first kappa shape index (κ1) is 10.8. The van der Waals surface area contributed by atoms with Gasteiger partial charge in [-0.1, -0.05) is 0 Å². The fraction of sp³-hybridized carbons (Fsp3) is 1.00. The second-order valence-corrected chi connectivity index (χ2v) is 5.86.